The van der Waals surface area contributed by atoms with Gasteiger partial charge in [0, 0.05) is 17.5 Å². The van der Waals surface area contributed by atoms with Crippen LogP contribution >= 0.6 is 11.3 Å². The fourth-order valence-electron chi connectivity index (χ4n) is 2.63. The molecule has 0 saturated carbocycles. The van der Waals surface area contributed by atoms with Crippen LogP contribution in [0.3, 0.4) is 0 Å². The van der Waals surface area contributed by atoms with Crippen molar-refractivity contribution in [2.24, 2.45) is 0 Å². The van der Waals surface area contributed by atoms with Crippen molar-refractivity contribution in [3.8, 4) is 0 Å². The smallest absolute Gasteiger partial charge is 0.139 e. The van der Waals surface area contributed by atoms with Crippen LogP contribution in [-0.4, -0.2) is 29.1 Å². The Labute approximate surface area is 117 Å². The Balaban J connectivity index is 2.01. The Kier molecular flexibility index (Phi) is 3.41. The minimum absolute atomic E-state index is 0.478. The molecule has 1 fully saturated rings. The number of rotatable bonds is 2. The Morgan fingerprint density at radius 3 is 2.84 bits per heavy atom. The molecule has 1 aliphatic heterocycles. The number of hydrogen-bond donors (Lipinski definition) is 2. The van der Waals surface area contributed by atoms with E-state index in [0.29, 0.717) is 6.04 Å². The van der Waals surface area contributed by atoms with E-state index in [1.807, 2.05) is 6.92 Å². The largest absolute Gasteiger partial charge is 0.365 e. The van der Waals surface area contributed by atoms with E-state index in [2.05, 4.69) is 34.4 Å². The Bertz CT molecular complexity index is 599. The van der Waals surface area contributed by atoms with E-state index >= 15 is 0 Å². The fourth-order valence-corrected chi connectivity index (χ4v) is 3.70. The number of aromatic nitrogens is 2. The van der Waals surface area contributed by atoms with Crippen LogP contribution in [0.2, 0.25) is 0 Å². The lowest BCUT2D eigenvalue weighted by Crippen LogP contribution is -2.38. The predicted molar refractivity (Wildman–Crippen MR) is 81.1 cm³/mol. The SMILES string of the molecule is Cc1nc(NC2CCCNC2)c2c(C)c(C)sc2n1. The second kappa shape index (κ2) is 5.06. The number of aryl methyl sites for hydroxylation is 3. The lowest BCUT2D eigenvalue weighted by molar-refractivity contribution is 0.479. The van der Waals surface area contributed by atoms with Crippen LogP contribution in [-0.2, 0) is 0 Å². The molecule has 1 aliphatic rings. The zero-order valence-corrected chi connectivity index (χ0v) is 12.5. The highest BCUT2D eigenvalue weighted by atomic mass is 32.1. The van der Waals surface area contributed by atoms with Crippen molar-refractivity contribution in [3.05, 3.63) is 16.3 Å². The lowest BCUT2D eigenvalue weighted by atomic mass is 10.1. The summed E-state index contributed by atoms with van der Waals surface area (Å²) in [5.74, 6) is 1.86. The molecule has 0 aromatic carbocycles. The molecule has 4 nitrogen and oxygen atoms in total. The molecule has 2 N–H and O–H groups in total. The van der Waals surface area contributed by atoms with Crippen LogP contribution in [0.1, 0.15) is 29.1 Å². The van der Waals surface area contributed by atoms with Gasteiger partial charge in [0.1, 0.15) is 16.5 Å². The molecule has 2 aromatic heterocycles. The molecule has 3 rings (SSSR count). The van der Waals surface area contributed by atoms with Crippen molar-refractivity contribution in [2.75, 3.05) is 18.4 Å². The maximum atomic E-state index is 4.63. The predicted octanol–water partition coefficient (Wildman–Crippen LogP) is 2.78. The van der Waals surface area contributed by atoms with Crippen LogP contribution in [0, 0.1) is 20.8 Å². The molecular formula is C14H20N4S. The Morgan fingerprint density at radius 1 is 1.26 bits per heavy atom. The third-order valence-electron chi connectivity index (χ3n) is 3.78. The van der Waals surface area contributed by atoms with E-state index in [1.165, 1.54) is 28.7 Å². The average molecular weight is 276 g/mol. The number of fused-ring (bicyclic) bond motifs is 1. The van der Waals surface area contributed by atoms with Crippen LogP contribution in [0.4, 0.5) is 5.82 Å². The number of piperidine rings is 1. The molecule has 1 unspecified atom stereocenters. The van der Waals surface area contributed by atoms with Gasteiger partial charge in [-0.3, -0.25) is 0 Å². The van der Waals surface area contributed by atoms with E-state index in [4.69, 9.17) is 0 Å². The summed E-state index contributed by atoms with van der Waals surface area (Å²) in [5, 5.41) is 8.25. The highest BCUT2D eigenvalue weighted by molar-refractivity contribution is 7.18. The summed E-state index contributed by atoms with van der Waals surface area (Å²) in [6.45, 7) is 8.44. The molecule has 0 aliphatic carbocycles. The van der Waals surface area contributed by atoms with Crippen LogP contribution in [0.15, 0.2) is 0 Å². The third kappa shape index (κ3) is 2.44. The molecule has 3 heterocycles. The van der Waals surface area contributed by atoms with Crippen molar-refractivity contribution in [2.45, 2.75) is 39.7 Å². The van der Waals surface area contributed by atoms with E-state index in [-0.39, 0.29) is 0 Å². The first-order chi connectivity index (χ1) is 9.15. The molecule has 0 amide bonds. The molecule has 0 spiro atoms. The number of thiophene rings is 1. The van der Waals surface area contributed by atoms with Crippen molar-refractivity contribution in [3.63, 3.8) is 0 Å². The maximum absolute atomic E-state index is 4.63. The van der Waals surface area contributed by atoms with Gasteiger partial charge in [-0.15, -0.1) is 11.3 Å². The van der Waals surface area contributed by atoms with Crippen LogP contribution in [0.5, 0.6) is 0 Å². The van der Waals surface area contributed by atoms with Gasteiger partial charge in [0.25, 0.3) is 0 Å². The summed E-state index contributed by atoms with van der Waals surface area (Å²) < 4.78 is 0. The number of nitrogens with zero attached hydrogens (tertiary/aromatic N) is 2. The maximum Gasteiger partial charge on any atom is 0.139 e. The van der Waals surface area contributed by atoms with Crippen LogP contribution < -0.4 is 10.6 Å². The number of hydrogen-bond acceptors (Lipinski definition) is 5. The lowest BCUT2D eigenvalue weighted by Gasteiger charge is -2.24. The highest BCUT2D eigenvalue weighted by Crippen LogP contribution is 2.33. The van der Waals surface area contributed by atoms with Crippen molar-refractivity contribution >= 4 is 27.4 Å². The number of anilines is 1. The van der Waals surface area contributed by atoms with Gasteiger partial charge in [0.15, 0.2) is 0 Å². The second-order valence-electron chi connectivity index (χ2n) is 5.27. The zero-order chi connectivity index (χ0) is 13.4. The topological polar surface area (TPSA) is 49.8 Å². The summed E-state index contributed by atoms with van der Waals surface area (Å²) in [5.41, 5.74) is 1.31. The second-order valence-corrected chi connectivity index (χ2v) is 6.47. The number of nitrogens with one attached hydrogen (secondary N) is 2. The van der Waals surface area contributed by atoms with Crippen molar-refractivity contribution in [1.82, 2.24) is 15.3 Å². The van der Waals surface area contributed by atoms with Gasteiger partial charge in [-0.2, -0.15) is 0 Å². The molecule has 0 bridgehead atoms. The fraction of sp³-hybridized carbons (Fsp3) is 0.571. The molecule has 102 valence electrons. The molecule has 1 saturated heterocycles. The highest BCUT2D eigenvalue weighted by Gasteiger charge is 2.18. The van der Waals surface area contributed by atoms with Crippen LogP contribution in [0.25, 0.3) is 10.2 Å². The summed E-state index contributed by atoms with van der Waals surface area (Å²) in [4.78, 5) is 11.6. The average Bonchev–Trinajstić information content (AvgIpc) is 2.66. The van der Waals surface area contributed by atoms with Gasteiger partial charge in [0.05, 0.1) is 5.39 Å². The van der Waals surface area contributed by atoms with Gasteiger partial charge in [-0.1, -0.05) is 0 Å². The van der Waals surface area contributed by atoms with Gasteiger partial charge < -0.3 is 10.6 Å². The standard InChI is InChI=1S/C14H20N4S/c1-8-9(2)19-14-12(8)13(16-10(3)17-14)18-11-5-4-6-15-7-11/h11,15H,4-7H2,1-3H3,(H,16,17,18). The quantitative estimate of drug-likeness (QED) is 0.885. The summed E-state index contributed by atoms with van der Waals surface area (Å²) in [6.07, 6.45) is 2.44. The third-order valence-corrected chi connectivity index (χ3v) is 4.88. The monoisotopic (exact) mass is 276 g/mol. The van der Waals surface area contributed by atoms with Crippen molar-refractivity contribution < 1.29 is 0 Å². The molecule has 0 radical (unpaired) electrons. The zero-order valence-electron chi connectivity index (χ0n) is 11.7. The first-order valence-corrected chi connectivity index (χ1v) is 7.68. The molecule has 2 aromatic rings. The molecule has 19 heavy (non-hydrogen) atoms. The van der Waals surface area contributed by atoms with E-state index in [9.17, 15) is 0 Å². The summed E-state index contributed by atoms with van der Waals surface area (Å²) in [6, 6.07) is 0.478. The molecular weight excluding hydrogens is 256 g/mol. The van der Waals surface area contributed by atoms with E-state index < -0.39 is 0 Å². The van der Waals surface area contributed by atoms with E-state index in [0.717, 1.165) is 29.6 Å². The molecule has 1 atom stereocenters. The Morgan fingerprint density at radius 2 is 2.11 bits per heavy atom. The summed E-state index contributed by atoms with van der Waals surface area (Å²) in [7, 11) is 0. The van der Waals surface area contributed by atoms with Gasteiger partial charge >= 0.3 is 0 Å². The van der Waals surface area contributed by atoms with E-state index in [1.54, 1.807) is 11.3 Å². The summed E-state index contributed by atoms with van der Waals surface area (Å²) >= 11 is 1.76. The molecule has 5 heteroatoms. The first kappa shape index (κ1) is 12.8. The Hall–Kier alpha value is -1.20. The van der Waals surface area contributed by atoms with Gasteiger partial charge in [0.2, 0.25) is 0 Å². The van der Waals surface area contributed by atoms with Gasteiger partial charge in [-0.05, 0) is 45.7 Å². The van der Waals surface area contributed by atoms with Crippen molar-refractivity contribution in [1.29, 1.82) is 0 Å². The normalized spacial score (nSPS) is 19.8. The first-order valence-electron chi connectivity index (χ1n) is 6.86. The minimum Gasteiger partial charge on any atom is -0.365 e. The minimum atomic E-state index is 0.478. The van der Waals surface area contributed by atoms with Gasteiger partial charge in [-0.25, -0.2) is 9.97 Å².